The normalized spacial score (nSPS) is 35.3. The van der Waals surface area contributed by atoms with E-state index in [0.717, 1.165) is 12.8 Å². The second kappa shape index (κ2) is 7.04. The smallest absolute Gasteiger partial charge is 0.383 e. The molecule has 146 valence electrons. The molecule has 0 spiro atoms. The van der Waals surface area contributed by atoms with Crippen LogP contribution in [0.1, 0.15) is 47.0 Å². The second-order valence-electron chi connectivity index (χ2n) is 7.86. The van der Waals surface area contributed by atoms with Gasteiger partial charge in [-0.2, -0.15) is 0 Å². The lowest BCUT2D eigenvalue weighted by Gasteiger charge is -2.56. The van der Waals surface area contributed by atoms with E-state index < -0.39 is 30.1 Å². The Morgan fingerprint density at radius 1 is 1.04 bits per heavy atom. The average Bonchev–Trinajstić information content (AvgIpc) is 2.98. The quantitative estimate of drug-likeness (QED) is 0.543. The highest BCUT2D eigenvalue weighted by atomic mass is 31.2. The predicted molar refractivity (Wildman–Crippen MR) is 95.2 cm³/mol. The summed E-state index contributed by atoms with van der Waals surface area (Å²) >= 11 is 0. The van der Waals surface area contributed by atoms with Crippen molar-refractivity contribution in [2.24, 2.45) is 5.41 Å². The van der Waals surface area contributed by atoms with Gasteiger partial charge in [-0.1, -0.05) is 20.3 Å². The van der Waals surface area contributed by atoms with E-state index in [2.05, 4.69) is 5.09 Å². The van der Waals surface area contributed by atoms with Crippen molar-refractivity contribution < 1.29 is 28.2 Å². The molecular formula is C17H32NO6P. The van der Waals surface area contributed by atoms with Gasteiger partial charge >= 0.3 is 7.75 Å². The van der Waals surface area contributed by atoms with Crippen LogP contribution in [0.2, 0.25) is 0 Å². The molecule has 25 heavy (non-hydrogen) atoms. The van der Waals surface area contributed by atoms with Crippen molar-refractivity contribution in [3.8, 4) is 0 Å². The third-order valence-electron chi connectivity index (χ3n) is 5.70. The molecule has 2 atom stereocenters. The molecule has 0 aromatic rings. The third-order valence-corrected chi connectivity index (χ3v) is 7.43. The molecule has 2 N–H and O–H groups in total. The maximum atomic E-state index is 12.7. The molecular weight excluding hydrogens is 345 g/mol. The van der Waals surface area contributed by atoms with Gasteiger partial charge in [-0.3, -0.25) is 0 Å². The molecule has 1 aliphatic heterocycles. The molecule has 8 heteroatoms. The van der Waals surface area contributed by atoms with Gasteiger partial charge in [0.2, 0.25) is 0 Å². The summed E-state index contributed by atoms with van der Waals surface area (Å²) in [5.41, 5.74) is -2.70. The third kappa shape index (κ3) is 3.88. The van der Waals surface area contributed by atoms with Gasteiger partial charge in [0.05, 0.1) is 18.8 Å². The van der Waals surface area contributed by atoms with Gasteiger partial charge in [0.25, 0.3) is 0 Å². The fourth-order valence-corrected chi connectivity index (χ4v) is 5.15. The maximum Gasteiger partial charge on any atom is 0.405 e. The molecule has 0 bridgehead atoms. The number of hydrogen-bond acceptors (Lipinski definition) is 6. The van der Waals surface area contributed by atoms with E-state index in [1.165, 1.54) is 14.2 Å². The van der Waals surface area contributed by atoms with Crippen molar-refractivity contribution in [2.75, 3.05) is 27.4 Å². The molecule has 0 aromatic carbocycles. The van der Waals surface area contributed by atoms with E-state index >= 15 is 0 Å². The zero-order chi connectivity index (χ0) is 19.0. The van der Waals surface area contributed by atoms with E-state index in [0.29, 0.717) is 19.6 Å². The Morgan fingerprint density at radius 3 is 2.12 bits per heavy atom. The van der Waals surface area contributed by atoms with Crippen LogP contribution in [0.15, 0.2) is 12.2 Å². The summed E-state index contributed by atoms with van der Waals surface area (Å²) in [6.07, 6.45) is 5.79. The highest BCUT2D eigenvalue weighted by Crippen LogP contribution is 2.55. The SMILES string of the molecule is COP(=O)(NC1(C)CCCC(C)(C)C1(O)/C=C/C1(C)OCCO1)OC. The first kappa shape index (κ1) is 21.0. The number of aliphatic hydroxyl groups is 1. The zero-order valence-corrected chi connectivity index (χ0v) is 17.0. The molecule has 2 fully saturated rings. The van der Waals surface area contributed by atoms with Crippen molar-refractivity contribution >= 4 is 7.75 Å². The van der Waals surface area contributed by atoms with Gasteiger partial charge in [-0.05, 0) is 44.3 Å². The highest BCUT2D eigenvalue weighted by molar-refractivity contribution is 7.51. The first-order chi connectivity index (χ1) is 11.4. The van der Waals surface area contributed by atoms with Crippen molar-refractivity contribution in [1.82, 2.24) is 5.09 Å². The van der Waals surface area contributed by atoms with Gasteiger partial charge in [0.15, 0.2) is 5.79 Å². The average molecular weight is 377 g/mol. The van der Waals surface area contributed by atoms with Gasteiger partial charge in [-0.15, -0.1) is 0 Å². The van der Waals surface area contributed by atoms with Crippen LogP contribution in [0.4, 0.5) is 0 Å². The lowest BCUT2D eigenvalue weighted by molar-refractivity contribution is -0.123. The Balaban J connectivity index is 2.42. The van der Waals surface area contributed by atoms with Crippen LogP contribution in [0, 0.1) is 5.41 Å². The van der Waals surface area contributed by atoms with E-state index in [1.807, 2.05) is 27.7 Å². The van der Waals surface area contributed by atoms with Crippen LogP contribution in [0.25, 0.3) is 0 Å². The van der Waals surface area contributed by atoms with Crippen LogP contribution in [0.5, 0.6) is 0 Å². The number of nitrogens with one attached hydrogen (secondary N) is 1. The summed E-state index contributed by atoms with van der Waals surface area (Å²) < 4.78 is 34.0. The summed E-state index contributed by atoms with van der Waals surface area (Å²) in [6.45, 7) is 8.69. The minimum atomic E-state index is -3.52. The molecule has 2 aliphatic rings. The van der Waals surface area contributed by atoms with Crippen molar-refractivity contribution in [2.45, 2.75) is 63.9 Å². The molecule has 0 radical (unpaired) electrons. The minimum absolute atomic E-state index is 0.467. The zero-order valence-electron chi connectivity index (χ0n) is 16.1. The van der Waals surface area contributed by atoms with Crippen molar-refractivity contribution in [1.29, 1.82) is 0 Å². The van der Waals surface area contributed by atoms with E-state index in [9.17, 15) is 9.67 Å². The van der Waals surface area contributed by atoms with Gasteiger partial charge < -0.3 is 23.6 Å². The molecule has 7 nitrogen and oxygen atoms in total. The van der Waals surface area contributed by atoms with Gasteiger partial charge in [0, 0.05) is 14.2 Å². The summed E-state index contributed by atoms with van der Waals surface area (Å²) in [5, 5.41) is 14.7. The van der Waals surface area contributed by atoms with Crippen LogP contribution in [-0.2, 0) is 23.1 Å². The molecule has 1 saturated heterocycles. The monoisotopic (exact) mass is 377 g/mol. The van der Waals surface area contributed by atoms with Crippen LogP contribution < -0.4 is 5.09 Å². The Bertz CT molecular complexity index is 551. The topological polar surface area (TPSA) is 86.3 Å². The fourth-order valence-electron chi connectivity index (χ4n) is 3.93. The molecule has 2 rings (SSSR count). The fraction of sp³-hybridized carbons (Fsp3) is 0.882. The molecule has 0 amide bonds. The van der Waals surface area contributed by atoms with Crippen LogP contribution in [0.3, 0.4) is 0 Å². The van der Waals surface area contributed by atoms with Crippen LogP contribution in [-0.4, -0.2) is 49.5 Å². The standard InChI is InChI=1S/C17H32NO6P/c1-14(2)8-7-9-15(3,18-25(20,21-5)22-6)17(14,19)11-10-16(4)23-12-13-24-16/h10-11,19H,7-9,12-13H2,1-6H3,(H,18,20)/b11-10+. The van der Waals surface area contributed by atoms with Crippen molar-refractivity contribution in [3.05, 3.63) is 12.2 Å². The summed E-state index contributed by atoms with van der Waals surface area (Å²) in [6, 6.07) is 0. The predicted octanol–water partition coefficient (Wildman–Crippen LogP) is 3.00. The van der Waals surface area contributed by atoms with Gasteiger partial charge in [0.1, 0.15) is 5.60 Å². The Morgan fingerprint density at radius 2 is 1.60 bits per heavy atom. The molecule has 0 aromatic heterocycles. The minimum Gasteiger partial charge on any atom is -0.383 e. The molecule has 1 heterocycles. The largest absolute Gasteiger partial charge is 0.405 e. The molecule has 1 saturated carbocycles. The Kier molecular flexibility index (Phi) is 5.92. The number of rotatable bonds is 6. The summed E-state index contributed by atoms with van der Waals surface area (Å²) in [5.74, 6) is -0.865. The first-order valence-corrected chi connectivity index (χ1v) is 10.2. The van der Waals surface area contributed by atoms with E-state index in [4.69, 9.17) is 18.5 Å². The highest BCUT2D eigenvalue weighted by Gasteiger charge is 2.59. The lowest BCUT2D eigenvalue weighted by Crippen LogP contribution is -2.67. The number of hydrogen-bond donors (Lipinski definition) is 2. The van der Waals surface area contributed by atoms with Gasteiger partial charge in [-0.25, -0.2) is 9.65 Å². The molecule has 2 unspecified atom stereocenters. The first-order valence-electron chi connectivity index (χ1n) is 8.66. The van der Waals surface area contributed by atoms with Crippen molar-refractivity contribution in [3.63, 3.8) is 0 Å². The number of ether oxygens (including phenoxy) is 2. The molecule has 1 aliphatic carbocycles. The maximum absolute atomic E-state index is 12.7. The lowest BCUT2D eigenvalue weighted by atomic mass is 9.57. The summed E-state index contributed by atoms with van der Waals surface area (Å²) in [4.78, 5) is 0. The second-order valence-corrected chi connectivity index (χ2v) is 9.81. The Labute approximate surface area is 150 Å². The van der Waals surface area contributed by atoms with E-state index in [1.54, 1.807) is 12.2 Å². The summed E-state index contributed by atoms with van der Waals surface area (Å²) in [7, 11) is -0.875. The van der Waals surface area contributed by atoms with Crippen LogP contribution >= 0.6 is 7.75 Å². The van der Waals surface area contributed by atoms with E-state index in [-0.39, 0.29) is 0 Å². The Hall–Kier alpha value is -0.270.